The van der Waals surface area contributed by atoms with Crippen LogP contribution in [-0.2, 0) is 0 Å². The summed E-state index contributed by atoms with van der Waals surface area (Å²) in [4.78, 5) is 4.38. The van der Waals surface area contributed by atoms with E-state index in [0.717, 1.165) is 11.1 Å². The zero-order valence-corrected chi connectivity index (χ0v) is 31.7. The van der Waals surface area contributed by atoms with Gasteiger partial charge < -0.3 is 0 Å². The van der Waals surface area contributed by atoms with Crippen LogP contribution in [0, 0.1) is 0 Å². The second-order valence-corrected chi connectivity index (χ2v) is 15.5. The van der Waals surface area contributed by atoms with Gasteiger partial charge in [-0.2, -0.15) is 0 Å². The number of nitrogens with zero attached hydrogens (tertiary/aromatic N) is 1. The van der Waals surface area contributed by atoms with Gasteiger partial charge in [0.15, 0.2) is 0 Å². The molecule has 12 aromatic rings. The number of rotatable bonds is 5. The number of hydrogen-bond acceptors (Lipinski definition) is 1. The van der Waals surface area contributed by atoms with Gasteiger partial charge in [-0.3, -0.25) is 4.98 Å². The van der Waals surface area contributed by atoms with Gasteiger partial charge in [0.25, 0.3) is 0 Å². The summed E-state index contributed by atoms with van der Waals surface area (Å²) in [6.45, 7) is 0. The number of fused-ring (bicyclic) bond motifs is 3. The van der Waals surface area contributed by atoms with E-state index in [1.807, 2.05) is 18.5 Å². The molecule has 1 heteroatoms. The summed E-state index contributed by atoms with van der Waals surface area (Å²) >= 11 is 0. The van der Waals surface area contributed by atoms with Crippen molar-refractivity contribution in [1.29, 1.82) is 0 Å². The zero-order valence-electron chi connectivity index (χ0n) is 31.7. The van der Waals surface area contributed by atoms with Crippen molar-refractivity contribution in [2.45, 2.75) is 0 Å². The van der Waals surface area contributed by atoms with Gasteiger partial charge in [-0.25, -0.2) is 0 Å². The zero-order chi connectivity index (χ0) is 38.2. The van der Waals surface area contributed by atoms with Gasteiger partial charge in [0.1, 0.15) is 0 Å². The highest BCUT2D eigenvalue weighted by Gasteiger charge is 2.21. The molecule has 1 nitrogen and oxygen atoms in total. The predicted octanol–water partition coefficient (Wildman–Crippen LogP) is 15.8. The summed E-state index contributed by atoms with van der Waals surface area (Å²) in [5.41, 5.74) is 12.1. The molecular weight excluding hydrogens is 699 g/mol. The summed E-state index contributed by atoms with van der Waals surface area (Å²) in [5, 5.41) is 15.1. The van der Waals surface area contributed by atoms with Crippen molar-refractivity contribution in [3.05, 3.63) is 213 Å². The second-order valence-electron chi connectivity index (χ2n) is 15.5. The molecule has 58 heavy (non-hydrogen) atoms. The fourth-order valence-electron chi connectivity index (χ4n) is 9.39. The number of pyridine rings is 1. The molecule has 0 unspecified atom stereocenters. The Labute approximate surface area is 336 Å². The fourth-order valence-corrected chi connectivity index (χ4v) is 9.39. The first kappa shape index (κ1) is 32.6. The molecular formula is C57H35N. The normalized spacial score (nSPS) is 11.8. The van der Waals surface area contributed by atoms with Crippen molar-refractivity contribution < 1.29 is 0 Å². The van der Waals surface area contributed by atoms with Gasteiger partial charge in [0, 0.05) is 12.4 Å². The van der Waals surface area contributed by atoms with Gasteiger partial charge in [0.2, 0.25) is 0 Å². The van der Waals surface area contributed by atoms with Crippen molar-refractivity contribution in [3.8, 4) is 55.6 Å². The first-order valence-corrected chi connectivity index (χ1v) is 20.0. The van der Waals surface area contributed by atoms with Crippen LogP contribution in [0.15, 0.2) is 213 Å². The molecule has 0 aliphatic heterocycles. The lowest BCUT2D eigenvalue weighted by molar-refractivity contribution is 1.33. The summed E-state index contributed by atoms with van der Waals surface area (Å²) < 4.78 is 0. The molecule has 0 atom stereocenters. The molecule has 0 spiro atoms. The third kappa shape index (κ3) is 5.21. The monoisotopic (exact) mass is 733 g/mol. The minimum atomic E-state index is 1.11. The highest BCUT2D eigenvalue weighted by molar-refractivity contribution is 6.32. The van der Waals surface area contributed by atoms with E-state index in [9.17, 15) is 0 Å². The quantitative estimate of drug-likeness (QED) is 0.161. The highest BCUT2D eigenvalue weighted by Crippen LogP contribution is 2.49. The lowest BCUT2D eigenvalue weighted by Crippen LogP contribution is -1.94. The average molecular weight is 734 g/mol. The van der Waals surface area contributed by atoms with E-state index in [-0.39, 0.29) is 0 Å². The van der Waals surface area contributed by atoms with Crippen LogP contribution in [0.4, 0.5) is 0 Å². The Morgan fingerprint density at radius 3 is 1.00 bits per heavy atom. The van der Waals surface area contributed by atoms with Crippen LogP contribution in [0.5, 0.6) is 0 Å². The minimum absolute atomic E-state index is 1.11. The largest absolute Gasteiger partial charge is 0.264 e. The molecule has 0 fully saturated rings. The molecule has 0 bridgehead atoms. The van der Waals surface area contributed by atoms with Crippen molar-refractivity contribution in [2.24, 2.45) is 0 Å². The molecule has 0 aliphatic rings. The van der Waals surface area contributed by atoms with E-state index in [1.165, 1.54) is 109 Å². The Morgan fingerprint density at radius 1 is 0.241 bits per heavy atom. The van der Waals surface area contributed by atoms with E-state index in [0.29, 0.717) is 0 Å². The van der Waals surface area contributed by atoms with Crippen LogP contribution < -0.4 is 0 Å². The molecule has 0 radical (unpaired) electrons. The van der Waals surface area contributed by atoms with E-state index >= 15 is 0 Å². The average Bonchev–Trinajstić information content (AvgIpc) is 3.30. The van der Waals surface area contributed by atoms with Crippen LogP contribution in [0.25, 0.3) is 120 Å². The number of hydrogen-bond donors (Lipinski definition) is 0. The lowest BCUT2D eigenvalue weighted by Gasteiger charge is -2.22. The summed E-state index contributed by atoms with van der Waals surface area (Å²) in [6.07, 6.45) is 3.76. The Bertz CT molecular complexity index is 3440. The van der Waals surface area contributed by atoms with Crippen LogP contribution in [0.3, 0.4) is 0 Å². The van der Waals surface area contributed by atoms with Gasteiger partial charge in [-0.1, -0.05) is 164 Å². The molecule has 0 saturated carbocycles. The molecule has 0 N–H and O–H groups in total. The highest BCUT2D eigenvalue weighted by atomic mass is 14.6. The smallest absolute Gasteiger partial charge is 0.0346 e. The molecule has 0 aliphatic carbocycles. The fraction of sp³-hybridized carbons (Fsp3) is 0. The van der Waals surface area contributed by atoms with Crippen molar-refractivity contribution >= 4 is 64.6 Å². The van der Waals surface area contributed by atoms with Crippen molar-refractivity contribution in [1.82, 2.24) is 4.98 Å². The predicted molar refractivity (Wildman–Crippen MR) is 248 cm³/mol. The van der Waals surface area contributed by atoms with Crippen molar-refractivity contribution in [2.75, 3.05) is 0 Å². The first-order valence-electron chi connectivity index (χ1n) is 20.0. The molecule has 12 rings (SSSR count). The summed E-state index contributed by atoms with van der Waals surface area (Å²) in [7, 11) is 0. The maximum atomic E-state index is 4.38. The van der Waals surface area contributed by atoms with E-state index in [1.54, 1.807) is 0 Å². The topological polar surface area (TPSA) is 12.9 Å². The first-order chi connectivity index (χ1) is 28.7. The van der Waals surface area contributed by atoms with Gasteiger partial charge >= 0.3 is 0 Å². The van der Waals surface area contributed by atoms with E-state index < -0.39 is 0 Å². The second kappa shape index (κ2) is 13.0. The molecule has 1 heterocycles. The Hall–Kier alpha value is -7.61. The summed E-state index contributed by atoms with van der Waals surface area (Å²) in [5.74, 6) is 0. The van der Waals surface area contributed by atoms with Gasteiger partial charge in [-0.15, -0.1) is 0 Å². The van der Waals surface area contributed by atoms with Crippen molar-refractivity contribution in [3.63, 3.8) is 0 Å². The lowest BCUT2D eigenvalue weighted by atomic mass is 9.81. The standard InChI is InChI=1S/C57H35N/c1-4-11-41-30-44(22-17-36(41)8-1)53-33-52(40-20-15-39(16-21-40)47-14-7-29-58-35-47)48-25-26-50-54(45-23-18-37-9-2-5-12-42(37)31-45)34-55(51-28-27-49(53)56(48)57(50)51)46-24-19-38-10-3-6-13-43(38)32-46/h1-35H. The van der Waals surface area contributed by atoms with Gasteiger partial charge in [-0.05, 0) is 157 Å². The minimum Gasteiger partial charge on any atom is -0.264 e. The number of aromatic nitrogens is 1. The maximum Gasteiger partial charge on any atom is 0.0346 e. The summed E-state index contributed by atoms with van der Waals surface area (Å²) in [6, 6.07) is 74.3. The van der Waals surface area contributed by atoms with Crippen LogP contribution in [0.1, 0.15) is 0 Å². The SMILES string of the molecule is c1cncc(-c2ccc(-c3cc(-c4ccc5ccccc5c4)c4ccc5c(-c6ccc7ccccc7c6)cc(-c6ccc7ccccc7c6)c6ccc3c4c65)cc2)c1. The Morgan fingerprint density at radius 2 is 0.603 bits per heavy atom. The third-order valence-electron chi connectivity index (χ3n) is 12.3. The van der Waals surface area contributed by atoms with Crippen LogP contribution in [-0.4, -0.2) is 4.98 Å². The van der Waals surface area contributed by atoms with E-state index in [2.05, 4.69) is 199 Å². The van der Waals surface area contributed by atoms with Gasteiger partial charge in [0.05, 0.1) is 0 Å². The van der Waals surface area contributed by atoms with Crippen LogP contribution in [0.2, 0.25) is 0 Å². The molecule has 268 valence electrons. The molecule has 0 amide bonds. The molecule has 11 aromatic carbocycles. The van der Waals surface area contributed by atoms with Crippen LogP contribution >= 0.6 is 0 Å². The van der Waals surface area contributed by atoms with E-state index in [4.69, 9.17) is 0 Å². The Kier molecular flexibility index (Phi) is 7.30. The maximum absolute atomic E-state index is 4.38. The molecule has 1 aromatic heterocycles. The number of benzene rings is 11. The third-order valence-corrected chi connectivity index (χ3v) is 12.3. The molecule has 0 saturated heterocycles. The Balaban J connectivity index is 1.20.